The van der Waals surface area contributed by atoms with E-state index in [0.717, 1.165) is 17.7 Å². The first-order valence-electron chi connectivity index (χ1n) is 8.74. The molecular weight excluding hydrogens is 332 g/mol. The zero-order valence-corrected chi connectivity index (χ0v) is 15.0. The zero-order valence-electron chi connectivity index (χ0n) is 15.0. The van der Waals surface area contributed by atoms with E-state index in [1.54, 1.807) is 18.2 Å². The molecular formula is C20H22N2O4. The van der Waals surface area contributed by atoms with Gasteiger partial charge in [-0.3, -0.25) is 9.59 Å². The van der Waals surface area contributed by atoms with Crippen molar-refractivity contribution in [3.05, 3.63) is 48.0 Å². The first-order valence-corrected chi connectivity index (χ1v) is 8.74. The van der Waals surface area contributed by atoms with E-state index in [4.69, 9.17) is 9.47 Å². The number of anilines is 2. The van der Waals surface area contributed by atoms with Crippen LogP contribution in [0.15, 0.2) is 42.5 Å². The number of para-hydroxylation sites is 1. The van der Waals surface area contributed by atoms with Crippen LogP contribution in [-0.4, -0.2) is 31.6 Å². The monoisotopic (exact) mass is 354 g/mol. The van der Waals surface area contributed by atoms with Crippen LogP contribution in [0.2, 0.25) is 0 Å². The second-order valence-corrected chi connectivity index (χ2v) is 5.82. The topological polar surface area (TPSA) is 67.9 Å². The van der Waals surface area contributed by atoms with Gasteiger partial charge in [0.25, 0.3) is 0 Å². The highest BCUT2D eigenvalue weighted by molar-refractivity contribution is 6.44. The lowest BCUT2D eigenvalue weighted by atomic mass is 10.2. The quantitative estimate of drug-likeness (QED) is 0.838. The van der Waals surface area contributed by atoms with Gasteiger partial charge in [-0.1, -0.05) is 18.2 Å². The SMILES string of the molecule is CCOc1ccc(NC(=O)C(=O)N2CCc3ccccc32)cc1OCC. The van der Waals surface area contributed by atoms with Crippen LogP contribution >= 0.6 is 0 Å². The average Bonchev–Trinajstić information content (AvgIpc) is 3.07. The molecule has 6 heteroatoms. The van der Waals surface area contributed by atoms with Crippen LogP contribution in [0.3, 0.4) is 0 Å². The fraction of sp³-hybridized carbons (Fsp3) is 0.300. The van der Waals surface area contributed by atoms with Gasteiger partial charge in [0.05, 0.1) is 13.2 Å². The molecule has 2 aromatic carbocycles. The molecule has 3 rings (SSSR count). The Morgan fingerprint density at radius 1 is 1.04 bits per heavy atom. The van der Waals surface area contributed by atoms with Crippen molar-refractivity contribution in [2.75, 3.05) is 30.0 Å². The molecule has 1 aliphatic rings. The number of hydrogen-bond donors (Lipinski definition) is 1. The number of rotatable bonds is 5. The third kappa shape index (κ3) is 3.64. The number of fused-ring (bicyclic) bond motifs is 1. The number of amides is 2. The van der Waals surface area contributed by atoms with Gasteiger partial charge in [-0.15, -0.1) is 0 Å². The van der Waals surface area contributed by atoms with Crippen molar-refractivity contribution in [3.8, 4) is 11.5 Å². The third-order valence-electron chi connectivity index (χ3n) is 4.13. The number of nitrogens with zero attached hydrogens (tertiary/aromatic N) is 1. The van der Waals surface area contributed by atoms with E-state index in [2.05, 4.69) is 5.32 Å². The van der Waals surface area contributed by atoms with Crippen LogP contribution in [0.1, 0.15) is 19.4 Å². The van der Waals surface area contributed by atoms with Gasteiger partial charge in [0, 0.05) is 24.0 Å². The smallest absolute Gasteiger partial charge is 0.316 e. The molecule has 136 valence electrons. The van der Waals surface area contributed by atoms with Crippen LogP contribution in [0.5, 0.6) is 11.5 Å². The van der Waals surface area contributed by atoms with Crippen LogP contribution in [-0.2, 0) is 16.0 Å². The first kappa shape index (κ1) is 17.8. The molecule has 1 aliphatic heterocycles. The molecule has 0 fully saturated rings. The van der Waals surface area contributed by atoms with E-state index in [-0.39, 0.29) is 0 Å². The predicted octanol–water partition coefficient (Wildman–Crippen LogP) is 3.01. The minimum absolute atomic E-state index is 0.473. The molecule has 26 heavy (non-hydrogen) atoms. The lowest BCUT2D eigenvalue weighted by Crippen LogP contribution is -2.38. The van der Waals surface area contributed by atoms with Crippen LogP contribution in [0, 0.1) is 0 Å². The van der Waals surface area contributed by atoms with Crippen molar-refractivity contribution in [1.29, 1.82) is 0 Å². The highest BCUT2D eigenvalue weighted by Gasteiger charge is 2.29. The largest absolute Gasteiger partial charge is 0.490 e. The number of carbonyl (C=O) groups excluding carboxylic acids is 2. The van der Waals surface area contributed by atoms with Crippen LogP contribution < -0.4 is 19.7 Å². The number of hydrogen-bond acceptors (Lipinski definition) is 4. The van der Waals surface area contributed by atoms with E-state index in [9.17, 15) is 9.59 Å². The lowest BCUT2D eigenvalue weighted by molar-refractivity contribution is -0.134. The standard InChI is InChI=1S/C20H22N2O4/c1-3-25-17-10-9-15(13-18(17)26-4-2)21-19(23)20(24)22-12-11-14-7-5-6-8-16(14)22/h5-10,13H,3-4,11-12H2,1-2H3,(H,21,23). The van der Waals surface area contributed by atoms with E-state index in [0.29, 0.717) is 36.9 Å². The Morgan fingerprint density at radius 2 is 1.77 bits per heavy atom. The molecule has 6 nitrogen and oxygen atoms in total. The molecule has 0 aromatic heterocycles. The summed E-state index contributed by atoms with van der Waals surface area (Å²) in [5.41, 5.74) is 2.37. The third-order valence-corrected chi connectivity index (χ3v) is 4.13. The Labute approximate surface area is 152 Å². The fourth-order valence-electron chi connectivity index (χ4n) is 2.99. The summed E-state index contributed by atoms with van der Waals surface area (Å²) in [6.45, 7) is 5.26. The molecule has 0 saturated carbocycles. The number of carbonyl (C=O) groups is 2. The molecule has 0 radical (unpaired) electrons. The molecule has 0 saturated heterocycles. The highest BCUT2D eigenvalue weighted by Crippen LogP contribution is 2.31. The normalized spacial score (nSPS) is 12.5. The van der Waals surface area contributed by atoms with Crippen molar-refractivity contribution < 1.29 is 19.1 Å². The molecule has 0 atom stereocenters. The molecule has 0 spiro atoms. The van der Waals surface area contributed by atoms with Gasteiger partial charge < -0.3 is 19.7 Å². The van der Waals surface area contributed by atoms with Gasteiger partial charge >= 0.3 is 11.8 Å². The Bertz CT molecular complexity index is 819. The Balaban J connectivity index is 1.73. The van der Waals surface area contributed by atoms with Crippen molar-refractivity contribution in [1.82, 2.24) is 0 Å². The maximum Gasteiger partial charge on any atom is 0.316 e. The Morgan fingerprint density at radius 3 is 2.54 bits per heavy atom. The number of nitrogens with one attached hydrogen (secondary N) is 1. The summed E-state index contributed by atoms with van der Waals surface area (Å²) in [5.74, 6) is -0.103. The average molecular weight is 354 g/mol. The summed E-state index contributed by atoms with van der Waals surface area (Å²) in [6, 6.07) is 12.7. The Kier molecular flexibility index (Phi) is 5.41. The van der Waals surface area contributed by atoms with Gasteiger partial charge in [0.1, 0.15) is 0 Å². The zero-order chi connectivity index (χ0) is 18.5. The minimum atomic E-state index is -0.673. The van der Waals surface area contributed by atoms with Gasteiger partial charge in [0.15, 0.2) is 11.5 Å². The first-order chi connectivity index (χ1) is 12.6. The predicted molar refractivity (Wildman–Crippen MR) is 99.9 cm³/mol. The van der Waals surface area contributed by atoms with E-state index in [1.165, 1.54) is 4.90 Å². The maximum atomic E-state index is 12.6. The van der Waals surface area contributed by atoms with Gasteiger partial charge in [0.2, 0.25) is 0 Å². The summed E-state index contributed by atoms with van der Waals surface area (Å²) >= 11 is 0. The van der Waals surface area contributed by atoms with Crippen molar-refractivity contribution in [3.63, 3.8) is 0 Å². The second-order valence-electron chi connectivity index (χ2n) is 5.82. The van der Waals surface area contributed by atoms with E-state index in [1.807, 2.05) is 38.1 Å². The van der Waals surface area contributed by atoms with Gasteiger partial charge in [-0.25, -0.2) is 0 Å². The second kappa shape index (κ2) is 7.91. The molecule has 2 aromatic rings. The molecule has 0 aliphatic carbocycles. The summed E-state index contributed by atoms with van der Waals surface area (Å²) in [4.78, 5) is 26.5. The summed E-state index contributed by atoms with van der Waals surface area (Å²) in [5, 5.41) is 2.65. The molecule has 1 N–H and O–H groups in total. The van der Waals surface area contributed by atoms with Crippen LogP contribution in [0.4, 0.5) is 11.4 Å². The number of benzene rings is 2. The lowest BCUT2D eigenvalue weighted by Gasteiger charge is -2.17. The molecule has 0 bridgehead atoms. The van der Waals surface area contributed by atoms with E-state index >= 15 is 0 Å². The van der Waals surface area contributed by atoms with Crippen LogP contribution in [0.25, 0.3) is 0 Å². The highest BCUT2D eigenvalue weighted by atomic mass is 16.5. The van der Waals surface area contributed by atoms with E-state index < -0.39 is 11.8 Å². The Hall–Kier alpha value is -3.02. The maximum absolute atomic E-state index is 12.6. The van der Waals surface area contributed by atoms with Crippen molar-refractivity contribution >= 4 is 23.2 Å². The summed E-state index contributed by atoms with van der Waals surface area (Å²) in [7, 11) is 0. The van der Waals surface area contributed by atoms with Gasteiger partial charge in [-0.05, 0) is 44.0 Å². The fourth-order valence-corrected chi connectivity index (χ4v) is 2.99. The minimum Gasteiger partial charge on any atom is -0.490 e. The van der Waals surface area contributed by atoms with Gasteiger partial charge in [-0.2, -0.15) is 0 Å². The molecule has 2 amide bonds. The summed E-state index contributed by atoms with van der Waals surface area (Å²) in [6.07, 6.45) is 0.757. The molecule has 1 heterocycles. The molecule has 0 unspecified atom stereocenters. The van der Waals surface area contributed by atoms with Crippen molar-refractivity contribution in [2.45, 2.75) is 20.3 Å². The number of ether oxygens (including phenoxy) is 2. The van der Waals surface area contributed by atoms with Crippen molar-refractivity contribution in [2.24, 2.45) is 0 Å². The summed E-state index contributed by atoms with van der Waals surface area (Å²) < 4.78 is 11.1.